The van der Waals surface area contributed by atoms with Crippen molar-refractivity contribution >= 4 is 17.8 Å². The number of aliphatic hydroxyl groups excluding tert-OH is 1. The van der Waals surface area contributed by atoms with E-state index in [2.05, 4.69) is 20.4 Å². The van der Waals surface area contributed by atoms with Gasteiger partial charge in [0.25, 0.3) is 0 Å². The summed E-state index contributed by atoms with van der Waals surface area (Å²) >= 11 is 0. The Morgan fingerprint density at radius 2 is 2.10 bits per heavy atom. The molecule has 2 rings (SSSR count). The number of nitrogens with one attached hydrogen (secondary N) is 1. The highest BCUT2D eigenvalue weighted by molar-refractivity contribution is 5.45. The average molecular weight is 281 g/mol. The van der Waals surface area contributed by atoms with Gasteiger partial charge in [0.05, 0.1) is 6.10 Å². The molecule has 0 aliphatic carbocycles. The van der Waals surface area contributed by atoms with Crippen molar-refractivity contribution in [3.8, 4) is 0 Å². The van der Waals surface area contributed by atoms with Gasteiger partial charge in [-0.05, 0) is 26.7 Å². The van der Waals surface area contributed by atoms with Gasteiger partial charge in [-0.2, -0.15) is 15.0 Å². The van der Waals surface area contributed by atoms with Gasteiger partial charge >= 0.3 is 0 Å². The van der Waals surface area contributed by atoms with Crippen LogP contribution in [0.3, 0.4) is 0 Å². The molecule has 1 aliphatic rings. The zero-order valence-corrected chi connectivity index (χ0v) is 12.1. The van der Waals surface area contributed by atoms with Crippen LogP contribution in [0.2, 0.25) is 0 Å². The number of aliphatic hydroxyl groups is 1. The first-order valence-corrected chi connectivity index (χ1v) is 7.08. The zero-order chi connectivity index (χ0) is 14.5. The van der Waals surface area contributed by atoms with Crippen molar-refractivity contribution < 1.29 is 5.11 Å². The second-order valence-corrected chi connectivity index (χ2v) is 4.82. The molecule has 8 heteroatoms. The molecule has 1 unspecified atom stereocenters. The number of piperidine rings is 1. The number of aromatic nitrogens is 3. The van der Waals surface area contributed by atoms with E-state index in [9.17, 15) is 5.11 Å². The molecule has 20 heavy (non-hydrogen) atoms. The number of nitrogen functional groups attached to an aromatic ring is 1. The van der Waals surface area contributed by atoms with E-state index in [1.807, 2.05) is 23.6 Å². The maximum Gasteiger partial charge on any atom is 0.243 e. The Labute approximate surface area is 119 Å². The third-order valence-electron chi connectivity index (χ3n) is 3.47. The molecule has 0 saturated carbocycles. The van der Waals surface area contributed by atoms with Crippen LogP contribution >= 0.6 is 0 Å². The van der Waals surface area contributed by atoms with Gasteiger partial charge in [0, 0.05) is 26.2 Å². The summed E-state index contributed by atoms with van der Waals surface area (Å²) in [4.78, 5) is 17.1. The maximum absolute atomic E-state index is 9.77. The van der Waals surface area contributed by atoms with Gasteiger partial charge in [0.1, 0.15) is 0 Å². The molecule has 4 N–H and O–H groups in total. The number of hydrogen-bond acceptors (Lipinski definition) is 8. The van der Waals surface area contributed by atoms with Gasteiger partial charge in [-0.15, -0.1) is 0 Å². The molecule has 0 bridgehead atoms. The Hall–Kier alpha value is -1.67. The molecule has 1 aliphatic heterocycles. The lowest BCUT2D eigenvalue weighted by molar-refractivity contribution is 0.153. The predicted molar refractivity (Wildman–Crippen MR) is 78.7 cm³/mol. The summed E-state index contributed by atoms with van der Waals surface area (Å²) < 4.78 is 0. The van der Waals surface area contributed by atoms with E-state index in [1.165, 1.54) is 0 Å². The fraction of sp³-hybridized carbons (Fsp3) is 0.750. The number of rotatable bonds is 5. The van der Waals surface area contributed by atoms with Crippen LogP contribution in [0.5, 0.6) is 0 Å². The van der Waals surface area contributed by atoms with Gasteiger partial charge in [0.2, 0.25) is 17.8 Å². The molecule has 1 aromatic heterocycles. The van der Waals surface area contributed by atoms with Crippen LogP contribution in [0.25, 0.3) is 0 Å². The first-order chi connectivity index (χ1) is 9.67. The minimum Gasteiger partial charge on any atom is -0.391 e. The van der Waals surface area contributed by atoms with E-state index in [4.69, 9.17) is 5.84 Å². The van der Waals surface area contributed by atoms with Crippen LogP contribution < -0.4 is 21.1 Å². The van der Waals surface area contributed by atoms with Crippen molar-refractivity contribution in [1.29, 1.82) is 0 Å². The second-order valence-electron chi connectivity index (χ2n) is 4.82. The Balaban J connectivity index is 2.29. The summed E-state index contributed by atoms with van der Waals surface area (Å²) in [7, 11) is 0. The summed E-state index contributed by atoms with van der Waals surface area (Å²) in [6.07, 6.45) is 1.43. The molecule has 1 atom stereocenters. The number of anilines is 3. The topological polar surface area (TPSA) is 103 Å². The summed E-state index contributed by atoms with van der Waals surface area (Å²) in [5.74, 6) is 6.95. The van der Waals surface area contributed by atoms with Crippen LogP contribution in [0.1, 0.15) is 26.7 Å². The smallest absolute Gasteiger partial charge is 0.243 e. The number of nitrogens with zero attached hydrogens (tertiary/aromatic N) is 5. The largest absolute Gasteiger partial charge is 0.391 e. The van der Waals surface area contributed by atoms with Crippen LogP contribution in [0, 0.1) is 0 Å². The van der Waals surface area contributed by atoms with Crippen molar-refractivity contribution in [1.82, 2.24) is 15.0 Å². The van der Waals surface area contributed by atoms with E-state index < -0.39 is 0 Å². The fourth-order valence-corrected chi connectivity index (χ4v) is 2.34. The van der Waals surface area contributed by atoms with Crippen LogP contribution in [-0.4, -0.2) is 52.3 Å². The van der Waals surface area contributed by atoms with E-state index in [0.717, 1.165) is 32.5 Å². The zero-order valence-electron chi connectivity index (χ0n) is 12.1. The van der Waals surface area contributed by atoms with E-state index in [1.54, 1.807) is 0 Å². The molecular formula is C12H23N7O. The van der Waals surface area contributed by atoms with Gasteiger partial charge in [-0.1, -0.05) is 0 Å². The van der Waals surface area contributed by atoms with Crippen LogP contribution in [0.15, 0.2) is 0 Å². The fourth-order valence-electron chi connectivity index (χ4n) is 2.34. The number of nitrogens with two attached hydrogens (primary N) is 1. The SMILES string of the molecule is CCN(CC)c1nc(NN)nc(N2CCCC(O)C2)n1. The third-order valence-corrected chi connectivity index (χ3v) is 3.47. The van der Waals surface area contributed by atoms with Gasteiger partial charge in [-0.25, -0.2) is 5.84 Å². The lowest BCUT2D eigenvalue weighted by Crippen LogP contribution is -2.40. The van der Waals surface area contributed by atoms with Crippen molar-refractivity contribution in [2.75, 3.05) is 41.4 Å². The number of hydrazine groups is 1. The number of hydrogen-bond donors (Lipinski definition) is 3. The highest BCUT2D eigenvalue weighted by Crippen LogP contribution is 2.20. The van der Waals surface area contributed by atoms with E-state index >= 15 is 0 Å². The van der Waals surface area contributed by atoms with E-state index in [0.29, 0.717) is 24.4 Å². The lowest BCUT2D eigenvalue weighted by Gasteiger charge is -2.30. The second kappa shape index (κ2) is 6.67. The Morgan fingerprint density at radius 1 is 1.35 bits per heavy atom. The molecule has 0 spiro atoms. The van der Waals surface area contributed by atoms with Gasteiger partial charge < -0.3 is 14.9 Å². The third kappa shape index (κ3) is 3.26. The van der Waals surface area contributed by atoms with Crippen molar-refractivity contribution in [2.45, 2.75) is 32.8 Å². The summed E-state index contributed by atoms with van der Waals surface area (Å²) in [5.41, 5.74) is 2.48. The summed E-state index contributed by atoms with van der Waals surface area (Å²) in [6.45, 7) is 7.11. The van der Waals surface area contributed by atoms with Crippen molar-refractivity contribution in [2.24, 2.45) is 5.84 Å². The molecule has 1 saturated heterocycles. The molecule has 1 fully saturated rings. The molecule has 0 amide bonds. The van der Waals surface area contributed by atoms with Gasteiger partial charge in [0.15, 0.2) is 0 Å². The normalized spacial score (nSPS) is 19.0. The monoisotopic (exact) mass is 281 g/mol. The predicted octanol–water partition coefficient (Wildman–Crippen LogP) is -0.0355. The summed E-state index contributed by atoms with van der Waals surface area (Å²) in [5, 5.41) is 9.77. The minimum absolute atomic E-state index is 0.327. The van der Waals surface area contributed by atoms with Crippen LogP contribution in [0.4, 0.5) is 17.8 Å². The lowest BCUT2D eigenvalue weighted by atomic mass is 10.1. The highest BCUT2D eigenvalue weighted by atomic mass is 16.3. The summed E-state index contributed by atoms with van der Waals surface area (Å²) in [6, 6.07) is 0. The standard InChI is InChI=1S/C12H23N7O/c1-3-18(4-2)11-14-10(17-13)15-12(16-11)19-7-5-6-9(20)8-19/h9,20H,3-8,13H2,1-2H3,(H,14,15,16,17). The molecule has 112 valence electrons. The van der Waals surface area contributed by atoms with Crippen molar-refractivity contribution in [3.63, 3.8) is 0 Å². The maximum atomic E-state index is 9.77. The highest BCUT2D eigenvalue weighted by Gasteiger charge is 2.22. The number of β-amino-alcohol motifs (C(OH)–C–C–N with tert-alkyl or cyclic N) is 1. The molecule has 8 nitrogen and oxygen atoms in total. The minimum atomic E-state index is -0.327. The van der Waals surface area contributed by atoms with E-state index in [-0.39, 0.29) is 6.10 Å². The molecule has 0 radical (unpaired) electrons. The molecule has 2 heterocycles. The first-order valence-electron chi connectivity index (χ1n) is 7.08. The molecule has 1 aromatic rings. The van der Waals surface area contributed by atoms with Crippen molar-refractivity contribution in [3.05, 3.63) is 0 Å². The van der Waals surface area contributed by atoms with Gasteiger partial charge in [-0.3, -0.25) is 5.43 Å². The molecule has 0 aromatic carbocycles. The van der Waals surface area contributed by atoms with Crippen LogP contribution in [-0.2, 0) is 0 Å². The average Bonchev–Trinajstić information content (AvgIpc) is 2.48. The Morgan fingerprint density at radius 3 is 2.70 bits per heavy atom. The Bertz CT molecular complexity index is 438. The Kier molecular flexibility index (Phi) is 4.91. The quantitative estimate of drug-likeness (QED) is 0.510. The first kappa shape index (κ1) is 14.7. The molecular weight excluding hydrogens is 258 g/mol.